The second-order valence-electron chi connectivity index (χ2n) is 8.65. The molecule has 0 radical (unpaired) electrons. The van der Waals surface area contributed by atoms with Crippen molar-refractivity contribution >= 4 is 54.2 Å². The molecule has 0 aliphatic carbocycles. The zero-order chi connectivity index (χ0) is 25.6. The Balaban J connectivity index is 1.90. The van der Waals surface area contributed by atoms with Gasteiger partial charge in [0.15, 0.2) is 5.13 Å². The summed E-state index contributed by atoms with van der Waals surface area (Å²) in [4.78, 5) is 22.2. The molecule has 1 aromatic heterocycles. The predicted molar refractivity (Wildman–Crippen MR) is 145 cm³/mol. The molecule has 3 aromatic rings. The van der Waals surface area contributed by atoms with Gasteiger partial charge in [0.05, 0.1) is 15.1 Å². The molecule has 1 heterocycles. The van der Waals surface area contributed by atoms with Crippen LogP contribution in [0.5, 0.6) is 0 Å². The van der Waals surface area contributed by atoms with Crippen LogP contribution in [0.1, 0.15) is 43.5 Å². The van der Waals surface area contributed by atoms with E-state index in [4.69, 9.17) is 11.6 Å². The fourth-order valence-electron chi connectivity index (χ4n) is 3.76. The van der Waals surface area contributed by atoms with E-state index < -0.39 is 10.0 Å². The van der Waals surface area contributed by atoms with Crippen LogP contribution < -0.4 is 4.90 Å². The molecule has 0 aliphatic heterocycles. The third-order valence-corrected chi connectivity index (χ3v) is 8.68. The van der Waals surface area contributed by atoms with Crippen molar-refractivity contribution in [2.45, 2.75) is 38.0 Å². The van der Waals surface area contributed by atoms with Crippen molar-refractivity contribution in [1.29, 1.82) is 0 Å². The largest absolute Gasteiger partial charge is 0.309 e. The van der Waals surface area contributed by atoms with Gasteiger partial charge in [-0.05, 0) is 82.4 Å². The SMILES string of the molecule is CCCN(CCC)S(=O)(=O)c1ccc(C(=O)N(CCCN(C)C)c2nc3ccc(Cl)cc3s2)cc1. The van der Waals surface area contributed by atoms with Crippen LogP contribution in [0.25, 0.3) is 10.2 Å². The number of hydrogen-bond donors (Lipinski definition) is 0. The standard InChI is InChI=1S/C25H33ClN4O3S2/c1-5-14-29(15-6-2)35(32,33)21-11-8-19(9-12-21)24(31)30(17-7-16-28(3)4)25-27-22-13-10-20(26)18-23(22)34-25/h8-13,18H,5-7,14-17H2,1-4H3. The summed E-state index contributed by atoms with van der Waals surface area (Å²) in [7, 11) is 0.378. The number of anilines is 1. The Kier molecular flexibility index (Phi) is 9.66. The first kappa shape index (κ1) is 27.5. The van der Waals surface area contributed by atoms with Gasteiger partial charge in [0, 0.05) is 30.2 Å². The van der Waals surface area contributed by atoms with E-state index in [1.165, 1.54) is 27.8 Å². The molecule has 0 saturated carbocycles. The quantitative estimate of drug-likeness (QED) is 0.311. The van der Waals surface area contributed by atoms with Gasteiger partial charge in [-0.25, -0.2) is 13.4 Å². The lowest BCUT2D eigenvalue weighted by molar-refractivity contribution is 0.0986. The summed E-state index contributed by atoms with van der Waals surface area (Å²) in [6.45, 7) is 6.17. The van der Waals surface area contributed by atoms with Crippen LogP contribution in [0.15, 0.2) is 47.4 Å². The first-order valence-electron chi connectivity index (χ1n) is 11.8. The highest BCUT2D eigenvalue weighted by Crippen LogP contribution is 2.32. The summed E-state index contributed by atoms with van der Waals surface area (Å²) in [5, 5.41) is 1.22. The second kappa shape index (κ2) is 12.3. The number of benzene rings is 2. The number of hydrogen-bond acceptors (Lipinski definition) is 6. The highest BCUT2D eigenvalue weighted by molar-refractivity contribution is 7.89. The van der Waals surface area contributed by atoms with Crippen molar-refractivity contribution < 1.29 is 13.2 Å². The van der Waals surface area contributed by atoms with Gasteiger partial charge >= 0.3 is 0 Å². The molecule has 3 rings (SSSR count). The molecule has 7 nitrogen and oxygen atoms in total. The van der Waals surface area contributed by atoms with E-state index in [2.05, 4.69) is 9.88 Å². The molecule has 0 unspecified atom stereocenters. The normalized spacial score (nSPS) is 12.1. The molecule has 0 spiro atoms. The smallest absolute Gasteiger partial charge is 0.260 e. The lowest BCUT2D eigenvalue weighted by atomic mass is 10.2. The third kappa shape index (κ3) is 6.80. The van der Waals surface area contributed by atoms with Gasteiger partial charge < -0.3 is 4.90 Å². The van der Waals surface area contributed by atoms with Crippen LogP contribution in [-0.2, 0) is 10.0 Å². The summed E-state index contributed by atoms with van der Waals surface area (Å²) in [5.74, 6) is -0.211. The van der Waals surface area contributed by atoms with Crippen molar-refractivity contribution in [3.05, 3.63) is 53.1 Å². The minimum atomic E-state index is -3.61. The summed E-state index contributed by atoms with van der Waals surface area (Å²) in [6, 6.07) is 11.7. The molecule has 0 N–H and O–H groups in total. The number of nitrogens with zero attached hydrogens (tertiary/aromatic N) is 4. The number of carbonyl (C=O) groups excluding carboxylic acids is 1. The predicted octanol–water partition coefficient (Wildman–Crippen LogP) is 5.36. The molecule has 2 aromatic carbocycles. The average molecular weight is 537 g/mol. The molecule has 0 saturated heterocycles. The maximum atomic E-state index is 13.6. The van der Waals surface area contributed by atoms with Crippen LogP contribution in [0.2, 0.25) is 5.02 Å². The Bertz CT molecular complexity index is 1240. The molecule has 0 fully saturated rings. The van der Waals surface area contributed by atoms with E-state index in [0.29, 0.717) is 35.4 Å². The second-order valence-corrected chi connectivity index (χ2v) is 12.0. The molecule has 0 atom stereocenters. The van der Waals surface area contributed by atoms with Gasteiger partial charge in [-0.2, -0.15) is 4.31 Å². The van der Waals surface area contributed by atoms with E-state index in [9.17, 15) is 13.2 Å². The number of halogens is 1. The number of sulfonamides is 1. The van der Waals surface area contributed by atoms with E-state index in [0.717, 1.165) is 36.0 Å². The number of aromatic nitrogens is 1. The Labute approximate surface area is 217 Å². The summed E-state index contributed by atoms with van der Waals surface area (Å²) in [5.41, 5.74) is 1.21. The van der Waals surface area contributed by atoms with Crippen molar-refractivity contribution in [3.63, 3.8) is 0 Å². The van der Waals surface area contributed by atoms with E-state index >= 15 is 0 Å². The van der Waals surface area contributed by atoms with Crippen molar-refractivity contribution in [1.82, 2.24) is 14.2 Å². The Morgan fingerprint density at radius 2 is 1.63 bits per heavy atom. The van der Waals surface area contributed by atoms with Gasteiger partial charge in [-0.15, -0.1) is 0 Å². The van der Waals surface area contributed by atoms with Crippen LogP contribution >= 0.6 is 22.9 Å². The summed E-state index contributed by atoms with van der Waals surface area (Å²) >= 11 is 7.55. The highest BCUT2D eigenvalue weighted by atomic mass is 35.5. The third-order valence-electron chi connectivity index (χ3n) is 5.49. The Morgan fingerprint density at radius 1 is 0.971 bits per heavy atom. The van der Waals surface area contributed by atoms with Crippen LogP contribution in [0.4, 0.5) is 5.13 Å². The van der Waals surface area contributed by atoms with Gasteiger partial charge in [0.2, 0.25) is 10.0 Å². The minimum absolute atomic E-state index is 0.199. The molecule has 10 heteroatoms. The Morgan fingerprint density at radius 3 is 2.23 bits per heavy atom. The molecule has 35 heavy (non-hydrogen) atoms. The zero-order valence-electron chi connectivity index (χ0n) is 20.7. The van der Waals surface area contributed by atoms with Crippen molar-refractivity contribution in [2.24, 2.45) is 0 Å². The van der Waals surface area contributed by atoms with Crippen molar-refractivity contribution in [2.75, 3.05) is 45.2 Å². The molecule has 1 amide bonds. The lowest BCUT2D eigenvalue weighted by Gasteiger charge is -2.22. The number of rotatable bonds is 12. The van der Waals surface area contributed by atoms with Crippen LogP contribution in [0, 0.1) is 0 Å². The topological polar surface area (TPSA) is 73.8 Å². The number of thiazole rings is 1. The minimum Gasteiger partial charge on any atom is -0.309 e. The molecular weight excluding hydrogens is 504 g/mol. The van der Waals surface area contributed by atoms with Crippen LogP contribution in [0.3, 0.4) is 0 Å². The number of amides is 1. The summed E-state index contributed by atoms with van der Waals surface area (Å²) in [6.07, 6.45) is 2.25. The van der Waals surface area contributed by atoms with Gasteiger partial charge in [-0.3, -0.25) is 9.69 Å². The van der Waals surface area contributed by atoms with Gasteiger partial charge in [-0.1, -0.05) is 36.8 Å². The molecule has 0 aliphatic rings. The Hall–Kier alpha value is -2.04. The van der Waals surface area contributed by atoms with Gasteiger partial charge in [0.25, 0.3) is 5.91 Å². The van der Waals surface area contributed by atoms with E-state index in [1.54, 1.807) is 23.1 Å². The highest BCUT2D eigenvalue weighted by Gasteiger charge is 2.25. The lowest BCUT2D eigenvalue weighted by Crippen LogP contribution is -2.34. The molecular formula is C25H33ClN4O3S2. The fourth-order valence-corrected chi connectivity index (χ4v) is 6.65. The number of fused-ring (bicyclic) bond motifs is 1. The zero-order valence-corrected chi connectivity index (χ0v) is 23.1. The van der Waals surface area contributed by atoms with E-state index in [1.807, 2.05) is 40.1 Å². The first-order chi connectivity index (χ1) is 16.7. The fraction of sp³-hybridized carbons (Fsp3) is 0.440. The monoisotopic (exact) mass is 536 g/mol. The summed E-state index contributed by atoms with van der Waals surface area (Å²) < 4.78 is 28.6. The molecule has 0 bridgehead atoms. The maximum Gasteiger partial charge on any atom is 0.260 e. The molecule has 190 valence electrons. The van der Waals surface area contributed by atoms with Crippen LogP contribution in [-0.4, -0.2) is 68.8 Å². The number of carbonyl (C=O) groups is 1. The van der Waals surface area contributed by atoms with Crippen molar-refractivity contribution in [3.8, 4) is 0 Å². The average Bonchev–Trinajstić information content (AvgIpc) is 3.24. The van der Waals surface area contributed by atoms with E-state index in [-0.39, 0.29) is 10.8 Å². The van der Waals surface area contributed by atoms with Gasteiger partial charge in [0.1, 0.15) is 0 Å². The first-order valence-corrected chi connectivity index (χ1v) is 14.4. The maximum absolute atomic E-state index is 13.6.